The van der Waals surface area contributed by atoms with E-state index in [1.807, 2.05) is 60.0 Å². The van der Waals surface area contributed by atoms with Crippen LogP contribution in [-0.2, 0) is 4.79 Å². The monoisotopic (exact) mass is 475 g/mol. The Morgan fingerprint density at radius 2 is 1.82 bits per heavy atom. The molecular weight excluding hydrogens is 453 g/mol. The predicted molar refractivity (Wildman–Crippen MR) is 131 cm³/mol. The zero-order valence-corrected chi connectivity index (χ0v) is 19.4. The number of carbonyl (C=O) groups excluding carboxylic acids is 1. The number of aryl methyl sites for hydroxylation is 1. The summed E-state index contributed by atoms with van der Waals surface area (Å²) in [4.78, 5) is 12.3. The number of thioether (sulfide) groups is 1. The number of nitrogens with one attached hydrogen (secondary N) is 1. The maximum absolute atomic E-state index is 13.7. The molecule has 1 heterocycles. The van der Waals surface area contributed by atoms with E-state index in [0.717, 1.165) is 22.6 Å². The number of hydrazone groups is 1. The second-order valence-corrected chi connectivity index (χ2v) is 8.25. The summed E-state index contributed by atoms with van der Waals surface area (Å²) in [6, 6.07) is 21.7. The number of rotatable bonds is 8. The van der Waals surface area contributed by atoms with Crippen LogP contribution in [0.25, 0.3) is 17.1 Å². The molecule has 0 spiro atoms. The largest absolute Gasteiger partial charge is 0.497 e. The van der Waals surface area contributed by atoms with Gasteiger partial charge in [-0.1, -0.05) is 47.7 Å². The van der Waals surface area contributed by atoms with Crippen molar-refractivity contribution in [1.29, 1.82) is 0 Å². The fraction of sp³-hybridized carbons (Fsp3) is 0.120. The van der Waals surface area contributed by atoms with Gasteiger partial charge in [0.2, 0.25) is 0 Å². The summed E-state index contributed by atoms with van der Waals surface area (Å²) in [5.74, 6) is 0.690. The first-order chi connectivity index (χ1) is 16.5. The number of halogens is 1. The van der Waals surface area contributed by atoms with Crippen LogP contribution < -0.4 is 10.2 Å². The van der Waals surface area contributed by atoms with Crippen LogP contribution in [0.15, 0.2) is 83.1 Å². The molecule has 0 saturated carbocycles. The molecule has 3 aromatic carbocycles. The summed E-state index contributed by atoms with van der Waals surface area (Å²) in [6.07, 6.45) is 1.27. The van der Waals surface area contributed by atoms with Crippen LogP contribution in [0.1, 0.15) is 11.1 Å². The van der Waals surface area contributed by atoms with Gasteiger partial charge in [0.25, 0.3) is 5.91 Å². The van der Waals surface area contributed by atoms with E-state index >= 15 is 0 Å². The Morgan fingerprint density at radius 1 is 1.09 bits per heavy atom. The lowest BCUT2D eigenvalue weighted by Gasteiger charge is -2.11. The lowest BCUT2D eigenvalue weighted by atomic mass is 10.2. The second-order valence-electron chi connectivity index (χ2n) is 7.31. The number of aromatic nitrogens is 3. The molecule has 172 valence electrons. The van der Waals surface area contributed by atoms with Gasteiger partial charge >= 0.3 is 0 Å². The van der Waals surface area contributed by atoms with E-state index in [4.69, 9.17) is 4.74 Å². The number of methoxy groups -OCH3 is 1. The fourth-order valence-corrected chi connectivity index (χ4v) is 3.88. The minimum absolute atomic E-state index is 0.0568. The molecule has 0 aliphatic carbocycles. The molecular formula is C25H22FN5O2S. The van der Waals surface area contributed by atoms with E-state index < -0.39 is 5.82 Å². The molecule has 0 atom stereocenters. The molecule has 0 fully saturated rings. The Hall–Kier alpha value is -3.98. The maximum Gasteiger partial charge on any atom is 0.250 e. The normalized spacial score (nSPS) is 11.0. The van der Waals surface area contributed by atoms with Gasteiger partial charge in [-0.15, -0.1) is 10.2 Å². The molecule has 1 N–H and O–H groups in total. The van der Waals surface area contributed by atoms with Crippen LogP contribution in [0, 0.1) is 12.7 Å². The van der Waals surface area contributed by atoms with E-state index in [2.05, 4.69) is 20.7 Å². The summed E-state index contributed by atoms with van der Waals surface area (Å²) in [7, 11) is 1.62. The molecule has 34 heavy (non-hydrogen) atoms. The number of amides is 1. The fourth-order valence-electron chi connectivity index (χ4n) is 3.13. The second kappa shape index (κ2) is 10.8. The van der Waals surface area contributed by atoms with E-state index in [0.29, 0.717) is 16.5 Å². The minimum Gasteiger partial charge on any atom is -0.497 e. The Bertz CT molecular complexity index is 1300. The molecule has 7 nitrogen and oxygen atoms in total. The van der Waals surface area contributed by atoms with E-state index in [1.165, 1.54) is 24.0 Å². The lowest BCUT2D eigenvalue weighted by Crippen LogP contribution is -2.20. The molecule has 0 aliphatic heterocycles. The lowest BCUT2D eigenvalue weighted by molar-refractivity contribution is -0.118. The molecule has 0 saturated heterocycles. The number of carbonyl (C=O) groups is 1. The van der Waals surface area contributed by atoms with Gasteiger partial charge in [0.15, 0.2) is 11.0 Å². The van der Waals surface area contributed by atoms with Gasteiger partial charge in [0.1, 0.15) is 11.6 Å². The van der Waals surface area contributed by atoms with Crippen molar-refractivity contribution in [1.82, 2.24) is 20.2 Å². The molecule has 9 heteroatoms. The van der Waals surface area contributed by atoms with Crippen molar-refractivity contribution in [2.75, 3.05) is 12.9 Å². The number of hydrogen-bond donors (Lipinski definition) is 1. The predicted octanol–water partition coefficient (Wildman–Crippen LogP) is 4.63. The Labute approximate surface area is 200 Å². The zero-order chi connectivity index (χ0) is 23.9. The average molecular weight is 476 g/mol. The third kappa shape index (κ3) is 5.49. The van der Waals surface area contributed by atoms with Gasteiger partial charge in [-0.2, -0.15) is 5.10 Å². The van der Waals surface area contributed by atoms with Crippen LogP contribution >= 0.6 is 11.8 Å². The van der Waals surface area contributed by atoms with Gasteiger partial charge in [-0.25, -0.2) is 9.82 Å². The zero-order valence-electron chi connectivity index (χ0n) is 18.6. The molecule has 4 aromatic rings. The van der Waals surface area contributed by atoms with Crippen LogP contribution in [0.4, 0.5) is 4.39 Å². The van der Waals surface area contributed by atoms with Gasteiger partial charge in [0, 0.05) is 16.8 Å². The molecule has 0 aliphatic rings. The van der Waals surface area contributed by atoms with E-state index in [9.17, 15) is 9.18 Å². The standard InChI is InChI=1S/C25H22FN5O2S/c1-17-7-11-20(12-8-17)31-24(18-9-13-21(33-2)14-10-18)29-30-25(31)34-16-23(32)28-27-15-19-5-3-4-6-22(19)26/h3-15H,16H2,1-2H3,(H,28,32)/b27-15-. The molecule has 1 amide bonds. The first kappa shape index (κ1) is 23.2. The highest BCUT2D eigenvalue weighted by molar-refractivity contribution is 7.99. The van der Waals surface area contributed by atoms with Crippen molar-refractivity contribution in [2.45, 2.75) is 12.1 Å². The molecule has 0 unspecified atom stereocenters. The van der Waals surface area contributed by atoms with Crippen molar-refractivity contribution in [3.05, 3.63) is 89.7 Å². The summed E-state index contributed by atoms with van der Waals surface area (Å²) >= 11 is 1.23. The van der Waals surface area contributed by atoms with Crippen molar-refractivity contribution in [2.24, 2.45) is 5.10 Å². The molecule has 1 aromatic heterocycles. The van der Waals surface area contributed by atoms with E-state index in [1.54, 1.807) is 25.3 Å². The van der Waals surface area contributed by atoms with E-state index in [-0.39, 0.29) is 11.7 Å². The number of nitrogens with zero attached hydrogens (tertiary/aromatic N) is 4. The van der Waals surface area contributed by atoms with Crippen LogP contribution in [-0.4, -0.2) is 39.7 Å². The number of ether oxygens (including phenoxy) is 1. The SMILES string of the molecule is COc1ccc(-c2nnc(SCC(=O)N/N=C\c3ccccc3F)n2-c2ccc(C)cc2)cc1. The Kier molecular flexibility index (Phi) is 7.34. The number of hydrogen-bond acceptors (Lipinski definition) is 6. The van der Waals surface area contributed by atoms with Crippen molar-refractivity contribution in [3.63, 3.8) is 0 Å². The van der Waals surface area contributed by atoms with Gasteiger partial charge in [-0.05, 0) is 49.4 Å². The van der Waals surface area contributed by atoms with Crippen molar-refractivity contribution < 1.29 is 13.9 Å². The van der Waals surface area contributed by atoms with Crippen LogP contribution in [0.3, 0.4) is 0 Å². The van der Waals surface area contributed by atoms with Gasteiger partial charge < -0.3 is 4.74 Å². The highest BCUT2D eigenvalue weighted by Crippen LogP contribution is 2.29. The number of benzene rings is 3. The Morgan fingerprint density at radius 3 is 2.53 bits per heavy atom. The average Bonchev–Trinajstić information content (AvgIpc) is 3.28. The summed E-state index contributed by atoms with van der Waals surface area (Å²) < 4.78 is 20.8. The van der Waals surface area contributed by atoms with Crippen LogP contribution in [0.2, 0.25) is 0 Å². The highest BCUT2D eigenvalue weighted by Gasteiger charge is 2.17. The smallest absolute Gasteiger partial charge is 0.250 e. The molecule has 0 bridgehead atoms. The highest BCUT2D eigenvalue weighted by atomic mass is 32.2. The first-order valence-electron chi connectivity index (χ1n) is 10.4. The first-order valence-corrected chi connectivity index (χ1v) is 11.4. The minimum atomic E-state index is -0.410. The summed E-state index contributed by atoms with van der Waals surface area (Å²) in [6.45, 7) is 2.02. The van der Waals surface area contributed by atoms with Crippen molar-refractivity contribution in [3.8, 4) is 22.8 Å². The summed E-state index contributed by atoms with van der Waals surface area (Å²) in [5, 5.41) is 13.1. The summed E-state index contributed by atoms with van der Waals surface area (Å²) in [5.41, 5.74) is 5.57. The van der Waals surface area contributed by atoms with Crippen molar-refractivity contribution >= 4 is 23.9 Å². The third-order valence-corrected chi connectivity index (χ3v) is 5.83. The van der Waals surface area contributed by atoms with Gasteiger partial charge in [0.05, 0.1) is 19.1 Å². The topological polar surface area (TPSA) is 81.4 Å². The molecule has 0 radical (unpaired) electrons. The Balaban J connectivity index is 1.53. The maximum atomic E-state index is 13.7. The third-order valence-electron chi connectivity index (χ3n) is 4.90. The quantitative estimate of drug-likeness (QED) is 0.228. The molecule has 4 rings (SSSR count). The van der Waals surface area contributed by atoms with Gasteiger partial charge in [-0.3, -0.25) is 9.36 Å². The van der Waals surface area contributed by atoms with Crippen LogP contribution in [0.5, 0.6) is 5.75 Å².